The number of halogens is 1. The van der Waals surface area contributed by atoms with Gasteiger partial charge in [-0.1, -0.05) is 29.3 Å². The number of hydrogen-bond acceptors (Lipinski definition) is 2. The molecule has 1 heterocycles. The summed E-state index contributed by atoms with van der Waals surface area (Å²) in [6, 6.07) is 0. The Balaban J connectivity index is 1.88. The highest BCUT2D eigenvalue weighted by Gasteiger charge is 2.18. The van der Waals surface area contributed by atoms with E-state index in [4.69, 9.17) is 4.74 Å². The van der Waals surface area contributed by atoms with Crippen LogP contribution in [0, 0.1) is 0 Å². The molecule has 0 amide bonds. The summed E-state index contributed by atoms with van der Waals surface area (Å²) in [4.78, 5) is 3.17. The maximum absolute atomic E-state index is 5.51. The van der Waals surface area contributed by atoms with Crippen molar-refractivity contribution in [3.8, 4) is 0 Å². The monoisotopic (exact) mass is 249 g/mol. The molecular formula is C10H20BrNO. The van der Waals surface area contributed by atoms with Crippen molar-refractivity contribution in [3.63, 3.8) is 0 Å². The van der Waals surface area contributed by atoms with Crippen molar-refractivity contribution in [2.45, 2.75) is 31.0 Å². The minimum Gasteiger partial charge on any atom is -0.380 e. The molecule has 1 aliphatic heterocycles. The van der Waals surface area contributed by atoms with Crippen LogP contribution in [0.3, 0.4) is 0 Å². The summed E-state index contributed by atoms with van der Waals surface area (Å²) in [5.41, 5.74) is 0. The van der Waals surface area contributed by atoms with E-state index in [1.807, 2.05) is 0 Å². The van der Waals surface area contributed by atoms with Crippen LogP contribution in [-0.4, -0.2) is 42.6 Å². The first-order chi connectivity index (χ1) is 6.33. The highest BCUT2D eigenvalue weighted by molar-refractivity contribution is 9.09. The molecule has 1 saturated heterocycles. The molecule has 0 aromatic heterocycles. The predicted octanol–water partition coefficient (Wildman–Crippen LogP) is 2.27. The largest absolute Gasteiger partial charge is 0.380 e. The highest BCUT2D eigenvalue weighted by Crippen LogP contribution is 2.15. The number of rotatable bonds is 6. The molecule has 3 heteroatoms. The van der Waals surface area contributed by atoms with Gasteiger partial charge in [0.05, 0.1) is 6.61 Å². The van der Waals surface area contributed by atoms with E-state index in [9.17, 15) is 0 Å². The average molecular weight is 250 g/mol. The first kappa shape index (κ1) is 11.5. The topological polar surface area (TPSA) is 12.5 Å². The number of nitrogens with zero attached hydrogens (tertiary/aromatic N) is 1. The second kappa shape index (κ2) is 6.80. The van der Waals surface area contributed by atoms with Crippen LogP contribution in [0.4, 0.5) is 0 Å². The van der Waals surface area contributed by atoms with Crippen molar-refractivity contribution in [1.29, 1.82) is 0 Å². The predicted molar refractivity (Wildman–Crippen MR) is 59.5 cm³/mol. The molecule has 1 atom stereocenters. The van der Waals surface area contributed by atoms with Crippen molar-refractivity contribution in [1.82, 2.24) is 4.90 Å². The normalized spacial score (nSPS) is 24.0. The van der Waals surface area contributed by atoms with Crippen LogP contribution in [0.15, 0.2) is 0 Å². The van der Waals surface area contributed by atoms with Crippen LogP contribution < -0.4 is 0 Å². The van der Waals surface area contributed by atoms with E-state index in [1.54, 1.807) is 0 Å². The minimum atomic E-state index is 0.711. The van der Waals surface area contributed by atoms with Gasteiger partial charge in [-0.05, 0) is 19.4 Å². The third kappa shape index (κ3) is 4.99. The molecule has 0 aromatic carbocycles. The molecule has 1 rings (SSSR count). The smallest absolute Gasteiger partial charge is 0.0593 e. The lowest BCUT2D eigenvalue weighted by atomic mass is 10.4. The van der Waals surface area contributed by atoms with Gasteiger partial charge >= 0.3 is 0 Å². The summed E-state index contributed by atoms with van der Waals surface area (Å²) in [6.45, 7) is 7.55. The fourth-order valence-electron chi connectivity index (χ4n) is 1.53. The van der Waals surface area contributed by atoms with E-state index in [1.165, 1.54) is 32.4 Å². The fraction of sp³-hybridized carbons (Fsp3) is 1.00. The summed E-state index contributed by atoms with van der Waals surface area (Å²) >= 11 is 3.63. The van der Waals surface area contributed by atoms with Crippen molar-refractivity contribution in [2.75, 3.05) is 32.8 Å². The lowest BCUT2D eigenvalue weighted by Crippen LogP contribution is -2.25. The van der Waals surface area contributed by atoms with Gasteiger partial charge in [-0.3, -0.25) is 4.90 Å². The molecule has 0 N–H and O–H groups in total. The third-order valence-electron chi connectivity index (χ3n) is 2.41. The lowest BCUT2D eigenvalue weighted by molar-refractivity contribution is 0.109. The van der Waals surface area contributed by atoms with Crippen LogP contribution >= 0.6 is 15.9 Å². The maximum Gasteiger partial charge on any atom is 0.0593 e. The Bertz CT molecular complexity index is 132. The van der Waals surface area contributed by atoms with Crippen LogP contribution in [0.1, 0.15) is 26.2 Å². The Morgan fingerprint density at radius 3 is 2.92 bits per heavy atom. The van der Waals surface area contributed by atoms with Crippen LogP contribution in [0.25, 0.3) is 0 Å². The van der Waals surface area contributed by atoms with Crippen LogP contribution in [0.2, 0.25) is 0 Å². The SMILES string of the molecule is CCCCOCCN1CCC(Br)C1. The zero-order valence-corrected chi connectivity index (χ0v) is 10.1. The van der Waals surface area contributed by atoms with Gasteiger partial charge < -0.3 is 4.74 Å². The molecule has 0 saturated carbocycles. The molecule has 1 fully saturated rings. The summed E-state index contributed by atoms with van der Waals surface area (Å²) < 4.78 is 5.51. The molecule has 0 spiro atoms. The fourth-order valence-corrected chi connectivity index (χ4v) is 2.14. The zero-order valence-electron chi connectivity index (χ0n) is 8.47. The van der Waals surface area contributed by atoms with Gasteiger partial charge in [-0.15, -0.1) is 0 Å². The average Bonchev–Trinajstić information content (AvgIpc) is 2.51. The van der Waals surface area contributed by atoms with Gasteiger partial charge in [0, 0.05) is 24.5 Å². The summed E-state index contributed by atoms with van der Waals surface area (Å²) in [5.74, 6) is 0. The maximum atomic E-state index is 5.51. The first-order valence-electron chi connectivity index (χ1n) is 5.27. The van der Waals surface area contributed by atoms with E-state index < -0.39 is 0 Å². The Hall–Kier alpha value is 0.400. The third-order valence-corrected chi connectivity index (χ3v) is 3.16. The van der Waals surface area contributed by atoms with Gasteiger partial charge in [0.2, 0.25) is 0 Å². The molecule has 0 aromatic rings. The standard InChI is InChI=1S/C10H20BrNO/c1-2-3-7-13-8-6-12-5-4-10(11)9-12/h10H,2-9H2,1H3. The molecule has 0 aliphatic carbocycles. The number of alkyl halides is 1. The first-order valence-corrected chi connectivity index (χ1v) is 6.18. The highest BCUT2D eigenvalue weighted by atomic mass is 79.9. The Labute approximate surface area is 89.8 Å². The molecule has 78 valence electrons. The summed E-state index contributed by atoms with van der Waals surface area (Å²) in [7, 11) is 0. The van der Waals surface area contributed by atoms with Gasteiger partial charge in [-0.2, -0.15) is 0 Å². The quantitative estimate of drug-likeness (QED) is 0.529. The number of hydrogen-bond donors (Lipinski definition) is 0. The molecular weight excluding hydrogens is 230 g/mol. The van der Waals surface area contributed by atoms with Crippen LogP contribution in [-0.2, 0) is 4.74 Å². The Morgan fingerprint density at radius 2 is 2.31 bits per heavy atom. The molecule has 2 nitrogen and oxygen atoms in total. The molecule has 13 heavy (non-hydrogen) atoms. The number of likely N-dealkylation sites (tertiary alicyclic amines) is 1. The van der Waals surface area contributed by atoms with Crippen molar-refractivity contribution in [3.05, 3.63) is 0 Å². The molecule has 1 aliphatic rings. The lowest BCUT2D eigenvalue weighted by Gasteiger charge is -2.14. The van der Waals surface area contributed by atoms with Gasteiger partial charge in [0.25, 0.3) is 0 Å². The molecule has 0 bridgehead atoms. The van der Waals surface area contributed by atoms with E-state index in [-0.39, 0.29) is 0 Å². The zero-order chi connectivity index (χ0) is 9.52. The van der Waals surface area contributed by atoms with E-state index in [0.29, 0.717) is 4.83 Å². The summed E-state index contributed by atoms with van der Waals surface area (Å²) in [6.07, 6.45) is 3.71. The van der Waals surface area contributed by atoms with Crippen molar-refractivity contribution in [2.24, 2.45) is 0 Å². The summed E-state index contributed by atoms with van der Waals surface area (Å²) in [5, 5.41) is 0. The number of unbranched alkanes of at least 4 members (excludes halogenated alkanes) is 1. The Morgan fingerprint density at radius 1 is 1.46 bits per heavy atom. The van der Waals surface area contributed by atoms with E-state index in [0.717, 1.165) is 19.8 Å². The van der Waals surface area contributed by atoms with Crippen LogP contribution in [0.5, 0.6) is 0 Å². The molecule has 0 radical (unpaired) electrons. The van der Waals surface area contributed by atoms with Crippen molar-refractivity contribution < 1.29 is 4.74 Å². The molecule has 1 unspecified atom stereocenters. The number of ether oxygens (including phenoxy) is 1. The van der Waals surface area contributed by atoms with Crippen molar-refractivity contribution >= 4 is 15.9 Å². The van der Waals surface area contributed by atoms with Gasteiger partial charge in [-0.25, -0.2) is 0 Å². The van der Waals surface area contributed by atoms with Gasteiger partial charge in [0.15, 0.2) is 0 Å². The minimum absolute atomic E-state index is 0.711. The van der Waals surface area contributed by atoms with Gasteiger partial charge in [0.1, 0.15) is 0 Å². The second-order valence-electron chi connectivity index (χ2n) is 3.65. The Kier molecular flexibility index (Phi) is 6.00. The second-order valence-corrected chi connectivity index (χ2v) is 4.95. The van der Waals surface area contributed by atoms with E-state index >= 15 is 0 Å². The van der Waals surface area contributed by atoms with E-state index in [2.05, 4.69) is 27.8 Å².